The number of amides is 2. The highest BCUT2D eigenvalue weighted by molar-refractivity contribution is 7.14. The number of carbonyl (C=O) groups excluding carboxylic acids is 2. The van der Waals surface area contributed by atoms with Crippen LogP contribution in [0.25, 0.3) is 0 Å². The van der Waals surface area contributed by atoms with Crippen LogP contribution in [0.3, 0.4) is 0 Å². The number of nitrogens with one attached hydrogen (secondary N) is 2. The summed E-state index contributed by atoms with van der Waals surface area (Å²) >= 11 is 1.28. The van der Waals surface area contributed by atoms with E-state index >= 15 is 0 Å². The highest BCUT2D eigenvalue weighted by atomic mass is 32.1. The third-order valence-electron chi connectivity index (χ3n) is 8.42. The van der Waals surface area contributed by atoms with Crippen LogP contribution < -0.4 is 15.5 Å². The fourth-order valence-electron chi connectivity index (χ4n) is 6.03. The molecule has 8 nitrogen and oxygen atoms in total. The Morgan fingerprint density at radius 3 is 2.32 bits per heavy atom. The normalized spacial score (nSPS) is 28.4. The van der Waals surface area contributed by atoms with Gasteiger partial charge in [0.1, 0.15) is 11.0 Å². The van der Waals surface area contributed by atoms with Gasteiger partial charge < -0.3 is 25.4 Å². The van der Waals surface area contributed by atoms with Crippen LogP contribution in [0.5, 0.6) is 0 Å². The first-order chi connectivity index (χ1) is 18.0. The number of thiophene rings is 1. The lowest BCUT2D eigenvalue weighted by atomic mass is 9.81. The van der Waals surface area contributed by atoms with Gasteiger partial charge in [-0.3, -0.25) is 4.79 Å². The van der Waals surface area contributed by atoms with E-state index in [1.165, 1.54) is 11.3 Å². The van der Waals surface area contributed by atoms with Crippen LogP contribution in [-0.4, -0.2) is 54.4 Å². The number of anilines is 1. The highest BCUT2D eigenvalue weighted by Crippen LogP contribution is 2.41. The average molecular weight is 548 g/mol. The maximum atomic E-state index is 14.1. The number of aromatic carboxylic acids is 1. The van der Waals surface area contributed by atoms with Crippen LogP contribution in [0.1, 0.15) is 106 Å². The zero-order valence-corrected chi connectivity index (χ0v) is 24.2. The van der Waals surface area contributed by atoms with Gasteiger partial charge in [-0.1, -0.05) is 27.7 Å². The smallest absolute Gasteiger partial charge is 0.407 e. The topological polar surface area (TPSA) is 108 Å². The molecule has 1 atom stereocenters. The van der Waals surface area contributed by atoms with Gasteiger partial charge in [0.05, 0.1) is 5.69 Å². The molecule has 2 aliphatic carbocycles. The molecule has 38 heavy (non-hydrogen) atoms. The first-order valence-corrected chi connectivity index (χ1v) is 15.2. The standard InChI is InChI=1S/C29H45N3O5S/c1-18-7-9-19(10-8-18)26(33)32(23-16-24(29(2,3)4)38-25(23)27(34)35)21-13-11-20(12-14-21)31-28(36)37-22-6-5-15-30-17-22/h16,18-22,30H,5-15,17H2,1-4H3,(H,31,36)(H,34,35)/t18-,19-,20?,21?,22-/m1/s1. The Kier molecular flexibility index (Phi) is 9.40. The van der Waals surface area contributed by atoms with Crippen molar-refractivity contribution in [2.75, 3.05) is 18.0 Å². The molecule has 1 aromatic heterocycles. The lowest BCUT2D eigenvalue weighted by Gasteiger charge is -2.39. The van der Waals surface area contributed by atoms with Crippen molar-refractivity contribution in [1.82, 2.24) is 10.6 Å². The molecule has 4 rings (SSSR count). The highest BCUT2D eigenvalue weighted by Gasteiger charge is 2.38. The molecule has 0 aromatic carbocycles. The van der Waals surface area contributed by atoms with Gasteiger partial charge in [0.15, 0.2) is 0 Å². The van der Waals surface area contributed by atoms with E-state index in [2.05, 4.69) is 38.3 Å². The summed E-state index contributed by atoms with van der Waals surface area (Å²) < 4.78 is 5.60. The second-order valence-corrected chi connectivity index (χ2v) is 13.6. The van der Waals surface area contributed by atoms with E-state index < -0.39 is 5.97 Å². The van der Waals surface area contributed by atoms with Gasteiger partial charge in [0, 0.05) is 29.4 Å². The van der Waals surface area contributed by atoms with Crippen LogP contribution in [0, 0.1) is 11.8 Å². The minimum Gasteiger partial charge on any atom is -0.477 e. The summed E-state index contributed by atoms with van der Waals surface area (Å²) in [7, 11) is 0. The SMILES string of the molecule is CC(C)(C)c1cc(N(C(=O)[C@H]2CC[C@H](C)CC2)C2CCC(NC(=O)O[C@@H]3CCCNC3)CC2)c(C(=O)O)s1. The molecule has 3 fully saturated rings. The molecule has 0 radical (unpaired) electrons. The van der Waals surface area contributed by atoms with Crippen molar-refractivity contribution in [2.45, 2.75) is 116 Å². The number of hydrogen-bond acceptors (Lipinski definition) is 6. The number of nitrogens with zero attached hydrogens (tertiary/aromatic N) is 1. The van der Waals surface area contributed by atoms with Gasteiger partial charge in [0.2, 0.25) is 5.91 Å². The summed E-state index contributed by atoms with van der Waals surface area (Å²) in [5.41, 5.74) is 0.342. The largest absolute Gasteiger partial charge is 0.477 e. The molecule has 3 N–H and O–H groups in total. The second-order valence-electron chi connectivity index (χ2n) is 12.6. The number of piperidine rings is 1. The van der Waals surface area contributed by atoms with Gasteiger partial charge in [-0.05, 0) is 88.2 Å². The number of carbonyl (C=O) groups is 3. The van der Waals surface area contributed by atoms with Crippen molar-refractivity contribution in [3.63, 3.8) is 0 Å². The zero-order chi connectivity index (χ0) is 27.4. The Morgan fingerprint density at radius 2 is 1.74 bits per heavy atom. The van der Waals surface area contributed by atoms with E-state index in [1.54, 1.807) is 0 Å². The fourth-order valence-corrected chi connectivity index (χ4v) is 7.08. The van der Waals surface area contributed by atoms with E-state index in [0.717, 1.165) is 62.8 Å². The Labute approximate surface area is 230 Å². The monoisotopic (exact) mass is 547 g/mol. The predicted octanol–water partition coefficient (Wildman–Crippen LogP) is 5.69. The van der Waals surface area contributed by atoms with Crippen molar-refractivity contribution in [3.8, 4) is 0 Å². The summed E-state index contributed by atoms with van der Waals surface area (Å²) in [6, 6.07) is 1.85. The molecule has 212 valence electrons. The summed E-state index contributed by atoms with van der Waals surface area (Å²) in [6.45, 7) is 10.1. The minimum atomic E-state index is -0.981. The molecule has 1 aromatic rings. The van der Waals surface area contributed by atoms with Gasteiger partial charge >= 0.3 is 12.1 Å². The number of hydrogen-bond donors (Lipinski definition) is 3. The molecule has 2 heterocycles. The number of alkyl carbamates (subject to hydrolysis) is 1. The second kappa shape index (κ2) is 12.4. The van der Waals surface area contributed by atoms with Crippen LogP contribution in [0.15, 0.2) is 6.07 Å². The van der Waals surface area contributed by atoms with Crippen LogP contribution >= 0.6 is 11.3 Å². The van der Waals surface area contributed by atoms with Crippen molar-refractivity contribution < 1.29 is 24.2 Å². The third kappa shape index (κ3) is 7.08. The maximum absolute atomic E-state index is 14.1. The van der Waals surface area contributed by atoms with Crippen molar-refractivity contribution >= 4 is 35.0 Å². The molecule has 1 saturated heterocycles. The van der Waals surface area contributed by atoms with Gasteiger partial charge in [-0.15, -0.1) is 11.3 Å². The quantitative estimate of drug-likeness (QED) is 0.422. The summed E-state index contributed by atoms with van der Waals surface area (Å²) in [5.74, 6) is -0.355. The molecule has 2 saturated carbocycles. The lowest BCUT2D eigenvalue weighted by Crippen LogP contribution is -2.49. The molecule has 9 heteroatoms. The number of rotatable bonds is 6. The van der Waals surface area contributed by atoms with Crippen LogP contribution in [-0.2, 0) is 14.9 Å². The van der Waals surface area contributed by atoms with Crippen molar-refractivity contribution in [3.05, 3.63) is 15.8 Å². The Hall–Kier alpha value is -2.13. The number of ether oxygens (including phenoxy) is 1. The summed E-state index contributed by atoms with van der Waals surface area (Å²) in [4.78, 5) is 41.9. The zero-order valence-electron chi connectivity index (χ0n) is 23.4. The Bertz CT molecular complexity index is 981. The van der Waals surface area contributed by atoms with E-state index in [0.29, 0.717) is 31.0 Å². The molecule has 3 aliphatic rings. The van der Waals surface area contributed by atoms with Gasteiger partial charge in [-0.2, -0.15) is 0 Å². The molecule has 0 bridgehead atoms. The average Bonchev–Trinajstić information content (AvgIpc) is 3.32. The summed E-state index contributed by atoms with van der Waals surface area (Å²) in [6.07, 6.45) is 8.09. The number of carboxylic acids is 1. The number of carboxylic acid groups (broad SMARTS) is 1. The Balaban J connectivity index is 1.50. The van der Waals surface area contributed by atoms with E-state index in [1.807, 2.05) is 11.0 Å². The first kappa shape index (κ1) is 28.9. The fraction of sp³-hybridized carbons (Fsp3) is 0.759. The molecular formula is C29H45N3O5S. The minimum absolute atomic E-state index is 0.00524. The molecular weight excluding hydrogens is 502 g/mol. The molecule has 0 spiro atoms. The molecule has 2 amide bonds. The van der Waals surface area contributed by atoms with E-state index in [4.69, 9.17) is 4.74 Å². The van der Waals surface area contributed by atoms with Crippen LogP contribution in [0.4, 0.5) is 10.5 Å². The van der Waals surface area contributed by atoms with Gasteiger partial charge in [0.25, 0.3) is 0 Å². The van der Waals surface area contributed by atoms with E-state index in [9.17, 15) is 19.5 Å². The van der Waals surface area contributed by atoms with E-state index in [-0.39, 0.29) is 46.4 Å². The Morgan fingerprint density at radius 1 is 1.05 bits per heavy atom. The maximum Gasteiger partial charge on any atom is 0.407 e. The molecule has 1 aliphatic heterocycles. The van der Waals surface area contributed by atoms with Crippen LogP contribution in [0.2, 0.25) is 0 Å². The summed E-state index contributed by atoms with van der Waals surface area (Å²) in [5, 5.41) is 16.4. The van der Waals surface area contributed by atoms with Crippen molar-refractivity contribution in [2.24, 2.45) is 11.8 Å². The lowest BCUT2D eigenvalue weighted by molar-refractivity contribution is -0.124. The third-order valence-corrected chi connectivity index (χ3v) is 9.96. The molecule has 0 unspecified atom stereocenters. The van der Waals surface area contributed by atoms with Crippen molar-refractivity contribution in [1.29, 1.82) is 0 Å². The van der Waals surface area contributed by atoms with Gasteiger partial charge in [-0.25, -0.2) is 9.59 Å². The predicted molar refractivity (Wildman–Crippen MR) is 150 cm³/mol. The first-order valence-electron chi connectivity index (χ1n) is 14.4.